The highest BCUT2D eigenvalue weighted by atomic mass is 16.5. The molecule has 0 atom stereocenters. The van der Waals surface area contributed by atoms with E-state index in [4.69, 9.17) is 4.52 Å². The van der Waals surface area contributed by atoms with Gasteiger partial charge in [0.05, 0.1) is 16.6 Å². The van der Waals surface area contributed by atoms with E-state index in [-0.39, 0.29) is 11.8 Å². The van der Waals surface area contributed by atoms with Crippen molar-refractivity contribution in [3.63, 3.8) is 0 Å². The molecule has 0 unspecified atom stereocenters. The Morgan fingerprint density at radius 3 is 2.70 bits per heavy atom. The van der Waals surface area contributed by atoms with Gasteiger partial charge in [-0.25, -0.2) is 4.98 Å². The van der Waals surface area contributed by atoms with Crippen LogP contribution in [0.2, 0.25) is 0 Å². The van der Waals surface area contributed by atoms with Gasteiger partial charge in [-0.3, -0.25) is 4.79 Å². The molecule has 0 saturated heterocycles. The number of nitrogens with zero attached hydrogens (tertiary/aromatic N) is 3. The van der Waals surface area contributed by atoms with Crippen molar-refractivity contribution in [1.82, 2.24) is 15.0 Å². The maximum Gasteiger partial charge on any atom is 0.259 e. The second kappa shape index (κ2) is 6.80. The number of carbonyl (C=O) groups excluding carboxylic acids is 1. The molecular weight excluding hydrogens is 338 g/mol. The molecule has 5 nitrogen and oxygen atoms in total. The Balaban J connectivity index is 1.76. The van der Waals surface area contributed by atoms with E-state index in [1.54, 1.807) is 0 Å². The number of hydrogen-bond acceptors (Lipinski definition) is 4. The summed E-state index contributed by atoms with van der Waals surface area (Å²) < 4.78 is 5.39. The first-order chi connectivity index (χ1) is 12.9. The lowest BCUT2D eigenvalue weighted by Crippen LogP contribution is -2.33. The fraction of sp³-hybridized carbons (Fsp3) is 0.409. The molecule has 1 aliphatic rings. The van der Waals surface area contributed by atoms with E-state index >= 15 is 0 Å². The molecule has 4 rings (SSSR count). The highest BCUT2D eigenvalue weighted by molar-refractivity contribution is 6.06. The van der Waals surface area contributed by atoms with Crippen LogP contribution < -0.4 is 0 Å². The monoisotopic (exact) mass is 363 g/mol. The Morgan fingerprint density at radius 2 is 2.04 bits per heavy atom. The quantitative estimate of drug-likeness (QED) is 0.655. The molecule has 27 heavy (non-hydrogen) atoms. The van der Waals surface area contributed by atoms with E-state index in [9.17, 15) is 4.79 Å². The lowest BCUT2D eigenvalue weighted by Gasteiger charge is -2.23. The molecule has 0 bridgehead atoms. The maximum absolute atomic E-state index is 13.6. The normalized spacial score (nSPS) is 14.1. The molecule has 1 amide bonds. The van der Waals surface area contributed by atoms with Crippen LogP contribution in [0.5, 0.6) is 0 Å². The van der Waals surface area contributed by atoms with E-state index < -0.39 is 0 Å². The molecular formula is C22H25N3O2. The van der Waals surface area contributed by atoms with Gasteiger partial charge in [-0.2, -0.15) is 0 Å². The van der Waals surface area contributed by atoms with Crippen molar-refractivity contribution in [2.75, 3.05) is 0 Å². The molecule has 5 heteroatoms. The van der Waals surface area contributed by atoms with Crippen LogP contribution in [0.25, 0.3) is 11.1 Å². The van der Waals surface area contributed by atoms with E-state index in [2.05, 4.69) is 49.1 Å². The fourth-order valence-corrected chi connectivity index (χ4v) is 3.49. The van der Waals surface area contributed by atoms with Gasteiger partial charge in [0.2, 0.25) is 0 Å². The Hall–Kier alpha value is -2.69. The summed E-state index contributed by atoms with van der Waals surface area (Å²) >= 11 is 0. The van der Waals surface area contributed by atoms with E-state index in [1.807, 2.05) is 24.0 Å². The predicted octanol–water partition coefficient (Wildman–Crippen LogP) is 4.77. The smallest absolute Gasteiger partial charge is 0.259 e. The van der Waals surface area contributed by atoms with Crippen LogP contribution in [0, 0.1) is 13.8 Å². The van der Waals surface area contributed by atoms with Crippen molar-refractivity contribution >= 4 is 17.0 Å². The summed E-state index contributed by atoms with van der Waals surface area (Å²) in [7, 11) is 0. The largest absolute Gasteiger partial charge is 0.336 e. The van der Waals surface area contributed by atoms with Crippen LogP contribution in [0.1, 0.15) is 65.5 Å². The standard InChI is InChI=1S/C22H25N3O2/c1-13(2)19-11-18(20-15(4)24-27-21(20)23-19)22(26)25(17-8-9-17)12-16-7-5-6-14(3)10-16/h5-7,10-11,13,17H,8-9,12H2,1-4H3. The van der Waals surface area contributed by atoms with Crippen molar-refractivity contribution in [3.05, 3.63) is 58.4 Å². The van der Waals surface area contributed by atoms with Gasteiger partial charge in [0.15, 0.2) is 0 Å². The molecule has 2 heterocycles. The Labute approximate surface area is 159 Å². The van der Waals surface area contributed by atoms with Crippen LogP contribution >= 0.6 is 0 Å². The van der Waals surface area contributed by atoms with Crippen molar-refractivity contribution in [1.29, 1.82) is 0 Å². The summed E-state index contributed by atoms with van der Waals surface area (Å²) in [4.78, 5) is 20.1. The molecule has 0 N–H and O–H groups in total. The molecule has 1 aliphatic carbocycles. The molecule has 140 valence electrons. The van der Waals surface area contributed by atoms with Crippen LogP contribution in [-0.2, 0) is 6.54 Å². The molecule has 1 aromatic carbocycles. The minimum absolute atomic E-state index is 0.0413. The minimum atomic E-state index is 0.0413. The molecule has 2 aromatic heterocycles. The first-order valence-electron chi connectivity index (χ1n) is 9.57. The first kappa shape index (κ1) is 17.7. The number of aromatic nitrogens is 2. The summed E-state index contributed by atoms with van der Waals surface area (Å²) in [6.07, 6.45) is 2.12. The van der Waals surface area contributed by atoms with Crippen LogP contribution in [0.4, 0.5) is 0 Å². The van der Waals surface area contributed by atoms with Gasteiger partial charge in [-0.1, -0.05) is 48.8 Å². The number of pyridine rings is 1. The van der Waals surface area contributed by atoms with Gasteiger partial charge in [-0.05, 0) is 44.2 Å². The maximum atomic E-state index is 13.6. The van der Waals surface area contributed by atoms with Gasteiger partial charge < -0.3 is 9.42 Å². The third kappa shape index (κ3) is 3.46. The number of aryl methyl sites for hydroxylation is 2. The summed E-state index contributed by atoms with van der Waals surface area (Å²) in [5, 5.41) is 4.78. The minimum Gasteiger partial charge on any atom is -0.336 e. The predicted molar refractivity (Wildman–Crippen MR) is 105 cm³/mol. The van der Waals surface area contributed by atoms with Crippen molar-refractivity contribution < 1.29 is 9.32 Å². The Morgan fingerprint density at radius 1 is 1.26 bits per heavy atom. The van der Waals surface area contributed by atoms with E-state index in [0.29, 0.717) is 29.6 Å². The number of carbonyl (C=O) groups is 1. The molecule has 1 fully saturated rings. The number of fused-ring (bicyclic) bond motifs is 1. The van der Waals surface area contributed by atoms with Crippen molar-refractivity contribution in [3.8, 4) is 0 Å². The van der Waals surface area contributed by atoms with Crippen molar-refractivity contribution in [2.45, 2.75) is 59.0 Å². The number of benzene rings is 1. The average Bonchev–Trinajstić information content (AvgIpc) is 3.41. The summed E-state index contributed by atoms with van der Waals surface area (Å²) in [5.74, 6) is 0.247. The first-order valence-corrected chi connectivity index (χ1v) is 9.57. The molecule has 1 saturated carbocycles. The van der Waals surface area contributed by atoms with Crippen LogP contribution in [0.15, 0.2) is 34.9 Å². The summed E-state index contributed by atoms with van der Waals surface area (Å²) in [6.45, 7) is 8.69. The highest BCUT2D eigenvalue weighted by Crippen LogP contribution is 2.33. The zero-order chi connectivity index (χ0) is 19.1. The zero-order valence-electron chi connectivity index (χ0n) is 16.3. The third-order valence-electron chi connectivity index (χ3n) is 5.14. The SMILES string of the molecule is Cc1cccc(CN(C(=O)c2cc(C(C)C)nc3onc(C)c23)C2CC2)c1. The second-order valence-corrected chi connectivity index (χ2v) is 7.85. The highest BCUT2D eigenvalue weighted by Gasteiger charge is 2.34. The zero-order valence-corrected chi connectivity index (χ0v) is 16.3. The van der Waals surface area contributed by atoms with Gasteiger partial charge >= 0.3 is 0 Å². The molecule has 0 radical (unpaired) electrons. The van der Waals surface area contributed by atoms with Gasteiger partial charge in [0.1, 0.15) is 0 Å². The summed E-state index contributed by atoms with van der Waals surface area (Å²) in [6, 6.07) is 10.6. The van der Waals surface area contributed by atoms with Crippen LogP contribution in [-0.4, -0.2) is 27.0 Å². The van der Waals surface area contributed by atoms with Gasteiger partial charge in [0.25, 0.3) is 11.6 Å². The fourth-order valence-electron chi connectivity index (χ4n) is 3.49. The van der Waals surface area contributed by atoms with Gasteiger partial charge in [-0.15, -0.1) is 0 Å². The molecule has 3 aromatic rings. The Bertz CT molecular complexity index is 1000. The Kier molecular flexibility index (Phi) is 4.46. The van der Waals surface area contributed by atoms with E-state index in [0.717, 1.165) is 29.5 Å². The second-order valence-electron chi connectivity index (χ2n) is 7.85. The van der Waals surface area contributed by atoms with Crippen LogP contribution in [0.3, 0.4) is 0 Å². The van der Waals surface area contributed by atoms with Crippen molar-refractivity contribution in [2.24, 2.45) is 0 Å². The van der Waals surface area contributed by atoms with Gasteiger partial charge in [0, 0.05) is 18.3 Å². The lowest BCUT2D eigenvalue weighted by atomic mass is 10.0. The number of amides is 1. The van der Waals surface area contributed by atoms with E-state index in [1.165, 1.54) is 5.56 Å². The summed E-state index contributed by atoms with van der Waals surface area (Å²) in [5.41, 5.74) is 5.04. The lowest BCUT2D eigenvalue weighted by molar-refractivity contribution is 0.0731. The number of rotatable bonds is 5. The topological polar surface area (TPSA) is 59.2 Å². The third-order valence-corrected chi connectivity index (χ3v) is 5.14. The average molecular weight is 363 g/mol. The molecule has 0 spiro atoms. The molecule has 0 aliphatic heterocycles. The number of hydrogen-bond donors (Lipinski definition) is 0.